The number of anilines is 1. The summed E-state index contributed by atoms with van der Waals surface area (Å²) in [5, 5.41) is 0. The molecule has 1 unspecified atom stereocenters. The van der Waals surface area contributed by atoms with E-state index < -0.39 is 12.5 Å². The minimum Gasteiger partial charge on any atom is -0.406 e. The van der Waals surface area contributed by atoms with Crippen LogP contribution in [-0.4, -0.2) is 35.6 Å². The van der Waals surface area contributed by atoms with Gasteiger partial charge in [-0.15, -0.1) is 13.2 Å². The van der Waals surface area contributed by atoms with E-state index in [9.17, 15) is 17.6 Å². The number of fused-ring (bicyclic) bond motifs is 1. The Balaban J connectivity index is 1.59. The molecular weight excluding hydrogens is 378 g/mol. The number of ether oxygens (including phenoxy) is 2. The Kier molecular flexibility index (Phi) is 4.62. The second kappa shape index (κ2) is 6.97. The molecule has 0 radical (unpaired) electrons. The Hall–Kier alpha value is -2.81. The SMILES string of the molecule is Cn1c(N2CCOC(c3cccc(OC(F)(F)F)c3)C2)nc2ccc(F)cc21. The van der Waals surface area contributed by atoms with Crippen molar-refractivity contribution in [3.63, 3.8) is 0 Å². The summed E-state index contributed by atoms with van der Waals surface area (Å²) in [6.45, 7) is 1.34. The molecule has 1 aliphatic rings. The van der Waals surface area contributed by atoms with Gasteiger partial charge in [-0.25, -0.2) is 9.37 Å². The van der Waals surface area contributed by atoms with Gasteiger partial charge in [-0.1, -0.05) is 12.1 Å². The van der Waals surface area contributed by atoms with Crippen LogP contribution in [0, 0.1) is 5.82 Å². The average molecular weight is 395 g/mol. The number of morpholine rings is 1. The minimum atomic E-state index is -4.75. The van der Waals surface area contributed by atoms with Crippen LogP contribution >= 0.6 is 0 Å². The summed E-state index contributed by atoms with van der Waals surface area (Å²) in [6.07, 6.45) is -5.19. The molecule has 4 rings (SSSR count). The van der Waals surface area contributed by atoms with Crippen LogP contribution in [0.2, 0.25) is 0 Å². The molecule has 5 nitrogen and oxygen atoms in total. The summed E-state index contributed by atoms with van der Waals surface area (Å²) in [5.74, 6) is 0.0175. The first-order valence-corrected chi connectivity index (χ1v) is 8.64. The van der Waals surface area contributed by atoms with Crippen molar-refractivity contribution in [2.45, 2.75) is 12.5 Å². The molecule has 1 atom stereocenters. The summed E-state index contributed by atoms with van der Waals surface area (Å²) in [4.78, 5) is 6.54. The summed E-state index contributed by atoms with van der Waals surface area (Å²) >= 11 is 0. The fourth-order valence-electron chi connectivity index (χ4n) is 3.38. The summed E-state index contributed by atoms with van der Waals surface area (Å²) < 4.78 is 62.5. The smallest absolute Gasteiger partial charge is 0.406 e. The molecule has 0 amide bonds. The van der Waals surface area contributed by atoms with Crippen LogP contribution in [0.4, 0.5) is 23.5 Å². The van der Waals surface area contributed by atoms with Gasteiger partial charge in [0.15, 0.2) is 0 Å². The highest BCUT2D eigenvalue weighted by Gasteiger charge is 2.32. The maximum atomic E-state index is 13.5. The summed E-state index contributed by atoms with van der Waals surface area (Å²) in [6, 6.07) is 10.2. The predicted molar refractivity (Wildman–Crippen MR) is 94.7 cm³/mol. The largest absolute Gasteiger partial charge is 0.573 e. The lowest BCUT2D eigenvalue weighted by Gasteiger charge is -2.34. The van der Waals surface area contributed by atoms with Crippen LogP contribution in [-0.2, 0) is 11.8 Å². The third-order valence-corrected chi connectivity index (χ3v) is 4.63. The van der Waals surface area contributed by atoms with Crippen LogP contribution < -0.4 is 9.64 Å². The molecule has 28 heavy (non-hydrogen) atoms. The summed E-state index contributed by atoms with van der Waals surface area (Å²) in [5.41, 5.74) is 1.91. The van der Waals surface area contributed by atoms with Crippen LogP contribution in [0.3, 0.4) is 0 Å². The zero-order valence-corrected chi connectivity index (χ0v) is 14.9. The number of hydrogen-bond donors (Lipinski definition) is 0. The Morgan fingerprint density at radius 3 is 2.79 bits per heavy atom. The van der Waals surface area contributed by atoms with E-state index in [4.69, 9.17) is 4.74 Å². The number of alkyl halides is 3. The predicted octanol–water partition coefficient (Wildman–Crippen LogP) is 4.19. The molecule has 2 aromatic carbocycles. The topological polar surface area (TPSA) is 39.5 Å². The van der Waals surface area contributed by atoms with E-state index in [1.54, 1.807) is 23.7 Å². The molecule has 0 spiro atoms. The normalized spacial score (nSPS) is 17.9. The van der Waals surface area contributed by atoms with Gasteiger partial charge in [0.2, 0.25) is 5.95 Å². The second-order valence-electron chi connectivity index (χ2n) is 6.53. The Labute approximate surface area is 158 Å². The lowest BCUT2D eigenvalue weighted by atomic mass is 10.1. The molecule has 148 valence electrons. The maximum Gasteiger partial charge on any atom is 0.573 e. The zero-order valence-electron chi connectivity index (χ0n) is 14.9. The van der Waals surface area contributed by atoms with Crippen LogP contribution in [0.15, 0.2) is 42.5 Å². The molecule has 0 saturated carbocycles. The Bertz CT molecular complexity index is 1000. The van der Waals surface area contributed by atoms with E-state index in [1.165, 1.54) is 30.3 Å². The van der Waals surface area contributed by atoms with Gasteiger partial charge in [0, 0.05) is 13.6 Å². The number of hydrogen-bond acceptors (Lipinski definition) is 4. The number of benzene rings is 2. The third kappa shape index (κ3) is 3.75. The molecule has 0 aliphatic carbocycles. The number of aromatic nitrogens is 2. The van der Waals surface area contributed by atoms with E-state index in [2.05, 4.69) is 9.72 Å². The number of rotatable bonds is 3. The molecule has 3 aromatic rings. The number of halogens is 4. The number of imidazole rings is 1. The first kappa shape index (κ1) is 18.5. The van der Waals surface area contributed by atoms with Gasteiger partial charge < -0.3 is 18.9 Å². The fraction of sp³-hybridized carbons (Fsp3) is 0.316. The molecule has 9 heteroatoms. The molecule has 1 saturated heterocycles. The van der Waals surface area contributed by atoms with Crippen molar-refractivity contribution in [1.82, 2.24) is 9.55 Å². The number of nitrogens with zero attached hydrogens (tertiary/aromatic N) is 3. The highest BCUT2D eigenvalue weighted by molar-refractivity contribution is 5.78. The van der Waals surface area contributed by atoms with E-state index in [0.29, 0.717) is 42.2 Å². The molecular formula is C19H17F4N3O2. The van der Waals surface area contributed by atoms with E-state index >= 15 is 0 Å². The molecule has 1 fully saturated rings. The van der Waals surface area contributed by atoms with Crippen molar-refractivity contribution in [2.24, 2.45) is 7.05 Å². The third-order valence-electron chi connectivity index (χ3n) is 4.63. The van der Waals surface area contributed by atoms with Gasteiger partial charge in [-0.05, 0) is 35.9 Å². The lowest BCUT2D eigenvalue weighted by Crippen LogP contribution is -2.39. The Morgan fingerprint density at radius 2 is 2.00 bits per heavy atom. The molecule has 0 bridgehead atoms. The lowest BCUT2D eigenvalue weighted by molar-refractivity contribution is -0.274. The zero-order chi connectivity index (χ0) is 19.9. The molecule has 0 N–H and O–H groups in total. The maximum absolute atomic E-state index is 13.5. The monoisotopic (exact) mass is 395 g/mol. The molecule has 1 aliphatic heterocycles. The van der Waals surface area contributed by atoms with E-state index in [0.717, 1.165) is 0 Å². The quantitative estimate of drug-likeness (QED) is 0.624. The highest BCUT2D eigenvalue weighted by atomic mass is 19.4. The van der Waals surface area contributed by atoms with Crippen LogP contribution in [0.1, 0.15) is 11.7 Å². The van der Waals surface area contributed by atoms with E-state index in [-0.39, 0.29) is 11.6 Å². The van der Waals surface area contributed by atoms with Crippen molar-refractivity contribution in [2.75, 3.05) is 24.6 Å². The van der Waals surface area contributed by atoms with Crippen molar-refractivity contribution in [3.8, 4) is 5.75 Å². The van der Waals surface area contributed by atoms with Gasteiger partial charge in [0.05, 0.1) is 24.2 Å². The van der Waals surface area contributed by atoms with Gasteiger partial charge in [-0.3, -0.25) is 0 Å². The van der Waals surface area contributed by atoms with Crippen molar-refractivity contribution in [1.29, 1.82) is 0 Å². The first-order chi connectivity index (χ1) is 13.3. The van der Waals surface area contributed by atoms with Crippen LogP contribution in [0.25, 0.3) is 11.0 Å². The summed E-state index contributed by atoms with van der Waals surface area (Å²) in [7, 11) is 1.80. The van der Waals surface area contributed by atoms with Gasteiger partial charge >= 0.3 is 6.36 Å². The fourth-order valence-corrected chi connectivity index (χ4v) is 3.38. The number of aryl methyl sites for hydroxylation is 1. The highest BCUT2D eigenvalue weighted by Crippen LogP contribution is 2.31. The Morgan fingerprint density at radius 1 is 1.18 bits per heavy atom. The van der Waals surface area contributed by atoms with E-state index in [1.807, 2.05) is 4.90 Å². The molecule has 1 aromatic heterocycles. The first-order valence-electron chi connectivity index (χ1n) is 8.64. The van der Waals surface area contributed by atoms with Gasteiger partial charge in [-0.2, -0.15) is 0 Å². The second-order valence-corrected chi connectivity index (χ2v) is 6.53. The van der Waals surface area contributed by atoms with Gasteiger partial charge in [0.1, 0.15) is 17.7 Å². The molecule has 2 heterocycles. The van der Waals surface area contributed by atoms with Crippen molar-refractivity contribution >= 4 is 17.0 Å². The minimum absolute atomic E-state index is 0.288. The average Bonchev–Trinajstić information content (AvgIpc) is 2.97. The van der Waals surface area contributed by atoms with Crippen molar-refractivity contribution < 1.29 is 27.0 Å². The van der Waals surface area contributed by atoms with Crippen LogP contribution in [0.5, 0.6) is 5.75 Å². The van der Waals surface area contributed by atoms with Gasteiger partial charge in [0.25, 0.3) is 0 Å². The van der Waals surface area contributed by atoms with Crippen molar-refractivity contribution in [3.05, 3.63) is 53.8 Å². The standard InChI is InChI=1S/C19H17F4N3O2/c1-25-16-10-13(20)5-6-15(16)24-18(25)26-7-8-27-17(11-26)12-3-2-4-14(9-12)28-19(21,22)23/h2-6,9-10,17H,7-8,11H2,1H3.